The van der Waals surface area contributed by atoms with E-state index in [4.69, 9.17) is 0 Å². The van der Waals surface area contributed by atoms with Gasteiger partial charge in [-0.15, -0.1) is 0 Å². The van der Waals surface area contributed by atoms with Crippen molar-refractivity contribution >= 4 is 5.69 Å². The summed E-state index contributed by atoms with van der Waals surface area (Å²) >= 11 is 0. The van der Waals surface area contributed by atoms with Crippen molar-refractivity contribution in [3.63, 3.8) is 0 Å². The van der Waals surface area contributed by atoms with Crippen molar-refractivity contribution in [2.24, 2.45) is 0 Å². The minimum Gasteiger partial charge on any atom is -0.258 e. The van der Waals surface area contributed by atoms with Crippen molar-refractivity contribution in [2.45, 2.75) is 6.92 Å². The SMILES string of the molecule is Cc1ccc([N+](=O)[O-])cc1.c1ccccc1. The van der Waals surface area contributed by atoms with Crippen LogP contribution in [0.3, 0.4) is 0 Å². The van der Waals surface area contributed by atoms with Gasteiger partial charge in [0.1, 0.15) is 0 Å². The molecule has 82 valence electrons. The molecule has 0 bridgehead atoms. The van der Waals surface area contributed by atoms with E-state index < -0.39 is 4.92 Å². The number of nitro groups is 1. The largest absolute Gasteiger partial charge is 0.269 e. The highest BCUT2D eigenvalue weighted by Crippen LogP contribution is 2.10. The maximum Gasteiger partial charge on any atom is 0.269 e. The fourth-order valence-corrected chi connectivity index (χ4v) is 1.05. The summed E-state index contributed by atoms with van der Waals surface area (Å²) < 4.78 is 0. The summed E-state index contributed by atoms with van der Waals surface area (Å²) in [6.45, 7) is 1.89. The topological polar surface area (TPSA) is 43.1 Å². The van der Waals surface area contributed by atoms with Crippen LogP contribution in [-0.4, -0.2) is 4.92 Å². The van der Waals surface area contributed by atoms with Crippen molar-refractivity contribution < 1.29 is 4.92 Å². The van der Waals surface area contributed by atoms with Gasteiger partial charge in [0.25, 0.3) is 5.69 Å². The molecule has 2 rings (SSSR count). The minimum absolute atomic E-state index is 0.144. The first-order chi connectivity index (χ1) is 7.70. The van der Waals surface area contributed by atoms with Crippen LogP contribution < -0.4 is 0 Å². The standard InChI is InChI=1S/C7H7NO2.C6H6/c1-6-2-4-7(5-3-6)8(9)10;1-2-4-6-5-3-1/h2-5H,1H3;1-6H. The zero-order valence-electron chi connectivity index (χ0n) is 9.04. The molecule has 0 aromatic heterocycles. The number of non-ortho nitro benzene ring substituents is 1. The number of nitro benzene ring substituents is 1. The van der Waals surface area contributed by atoms with Gasteiger partial charge in [0.15, 0.2) is 0 Å². The molecule has 2 aromatic carbocycles. The van der Waals surface area contributed by atoms with E-state index in [0.717, 1.165) is 5.56 Å². The van der Waals surface area contributed by atoms with E-state index in [1.807, 2.05) is 43.3 Å². The van der Waals surface area contributed by atoms with Crippen molar-refractivity contribution in [3.05, 3.63) is 76.3 Å². The first-order valence-corrected chi connectivity index (χ1v) is 4.91. The molecule has 0 amide bonds. The number of aryl methyl sites for hydroxylation is 1. The van der Waals surface area contributed by atoms with Crippen molar-refractivity contribution in [3.8, 4) is 0 Å². The summed E-state index contributed by atoms with van der Waals surface area (Å²) in [6.07, 6.45) is 0. The van der Waals surface area contributed by atoms with E-state index in [2.05, 4.69) is 0 Å². The molecule has 0 N–H and O–H groups in total. The van der Waals surface area contributed by atoms with Crippen LogP contribution in [0.15, 0.2) is 60.7 Å². The van der Waals surface area contributed by atoms with E-state index in [-0.39, 0.29) is 5.69 Å². The molecule has 0 saturated heterocycles. The lowest BCUT2D eigenvalue weighted by molar-refractivity contribution is -0.384. The third-order valence-electron chi connectivity index (χ3n) is 1.91. The quantitative estimate of drug-likeness (QED) is 0.539. The molecule has 16 heavy (non-hydrogen) atoms. The number of hydrogen-bond donors (Lipinski definition) is 0. The lowest BCUT2D eigenvalue weighted by atomic mass is 10.2. The zero-order chi connectivity index (χ0) is 11.8. The molecule has 0 fully saturated rings. The Morgan fingerprint density at radius 2 is 1.25 bits per heavy atom. The Morgan fingerprint density at radius 3 is 1.56 bits per heavy atom. The molecule has 0 aliphatic heterocycles. The fraction of sp³-hybridized carbons (Fsp3) is 0.0769. The maximum atomic E-state index is 10.1. The van der Waals surface area contributed by atoms with Gasteiger partial charge < -0.3 is 0 Å². The molecular weight excluding hydrogens is 202 g/mol. The number of benzene rings is 2. The fourth-order valence-electron chi connectivity index (χ4n) is 1.05. The number of hydrogen-bond acceptors (Lipinski definition) is 2. The normalized spacial score (nSPS) is 8.81. The lowest BCUT2D eigenvalue weighted by Gasteiger charge is -1.90. The summed E-state index contributed by atoms with van der Waals surface area (Å²) in [5.41, 5.74) is 1.18. The summed E-state index contributed by atoms with van der Waals surface area (Å²) in [4.78, 5) is 9.71. The van der Waals surface area contributed by atoms with Crippen LogP contribution in [0.2, 0.25) is 0 Å². The molecule has 3 nitrogen and oxygen atoms in total. The number of nitrogens with zero attached hydrogens (tertiary/aromatic N) is 1. The molecule has 0 heterocycles. The molecular formula is C13H13NO2. The van der Waals surface area contributed by atoms with Gasteiger partial charge in [0.05, 0.1) is 4.92 Å². The van der Waals surface area contributed by atoms with E-state index in [1.165, 1.54) is 12.1 Å². The average Bonchev–Trinajstić information content (AvgIpc) is 2.32. The highest BCUT2D eigenvalue weighted by molar-refractivity contribution is 5.31. The summed E-state index contributed by atoms with van der Waals surface area (Å²) in [7, 11) is 0. The van der Waals surface area contributed by atoms with Crippen LogP contribution in [-0.2, 0) is 0 Å². The second-order valence-electron chi connectivity index (χ2n) is 3.25. The molecule has 0 atom stereocenters. The van der Waals surface area contributed by atoms with Crippen LogP contribution in [0, 0.1) is 17.0 Å². The highest BCUT2D eigenvalue weighted by atomic mass is 16.6. The zero-order valence-corrected chi connectivity index (χ0v) is 9.04. The van der Waals surface area contributed by atoms with Crippen LogP contribution in [0.5, 0.6) is 0 Å². The Labute approximate surface area is 94.5 Å². The third kappa shape index (κ3) is 4.37. The smallest absolute Gasteiger partial charge is 0.258 e. The molecule has 0 spiro atoms. The van der Waals surface area contributed by atoms with Crippen molar-refractivity contribution in [1.82, 2.24) is 0 Å². The van der Waals surface area contributed by atoms with E-state index in [1.54, 1.807) is 12.1 Å². The van der Waals surface area contributed by atoms with E-state index >= 15 is 0 Å². The van der Waals surface area contributed by atoms with Gasteiger partial charge >= 0.3 is 0 Å². The molecule has 0 aliphatic carbocycles. The Bertz CT molecular complexity index is 397. The lowest BCUT2D eigenvalue weighted by Crippen LogP contribution is -1.86. The van der Waals surface area contributed by atoms with Crippen LogP contribution in [0.4, 0.5) is 5.69 Å². The van der Waals surface area contributed by atoms with Gasteiger partial charge in [-0.1, -0.05) is 54.1 Å². The second-order valence-corrected chi connectivity index (χ2v) is 3.25. The first kappa shape index (κ1) is 11.9. The molecule has 0 aliphatic rings. The van der Waals surface area contributed by atoms with Gasteiger partial charge in [-0.05, 0) is 6.92 Å². The molecule has 0 radical (unpaired) electrons. The average molecular weight is 215 g/mol. The van der Waals surface area contributed by atoms with Crippen molar-refractivity contribution in [2.75, 3.05) is 0 Å². The number of rotatable bonds is 1. The van der Waals surface area contributed by atoms with E-state index in [0.29, 0.717) is 0 Å². The first-order valence-electron chi connectivity index (χ1n) is 4.91. The second kappa shape index (κ2) is 6.35. The van der Waals surface area contributed by atoms with Crippen molar-refractivity contribution in [1.29, 1.82) is 0 Å². The highest BCUT2D eigenvalue weighted by Gasteiger charge is 2.00. The summed E-state index contributed by atoms with van der Waals surface area (Å²) in [6, 6.07) is 18.4. The molecule has 3 heteroatoms. The molecule has 0 saturated carbocycles. The summed E-state index contributed by atoms with van der Waals surface area (Å²) in [5, 5.41) is 10.1. The Balaban J connectivity index is 0.000000181. The Kier molecular flexibility index (Phi) is 4.73. The van der Waals surface area contributed by atoms with Crippen LogP contribution >= 0.6 is 0 Å². The maximum absolute atomic E-state index is 10.1. The molecule has 0 unspecified atom stereocenters. The summed E-state index contributed by atoms with van der Waals surface area (Å²) in [5.74, 6) is 0. The minimum atomic E-state index is -0.403. The third-order valence-corrected chi connectivity index (χ3v) is 1.91. The van der Waals surface area contributed by atoms with Gasteiger partial charge in [0.2, 0.25) is 0 Å². The van der Waals surface area contributed by atoms with Gasteiger partial charge in [-0.3, -0.25) is 10.1 Å². The monoisotopic (exact) mass is 215 g/mol. The predicted molar refractivity (Wildman–Crippen MR) is 64.3 cm³/mol. The van der Waals surface area contributed by atoms with Gasteiger partial charge in [0, 0.05) is 12.1 Å². The van der Waals surface area contributed by atoms with Gasteiger partial charge in [-0.25, -0.2) is 0 Å². The van der Waals surface area contributed by atoms with Crippen LogP contribution in [0.25, 0.3) is 0 Å². The van der Waals surface area contributed by atoms with Gasteiger partial charge in [-0.2, -0.15) is 0 Å². The van der Waals surface area contributed by atoms with E-state index in [9.17, 15) is 10.1 Å². The predicted octanol–water partition coefficient (Wildman–Crippen LogP) is 3.59. The molecule has 2 aromatic rings. The Hall–Kier alpha value is -2.16. The Morgan fingerprint density at radius 1 is 0.875 bits per heavy atom. The van der Waals surface area contributed by atoms with Crippen LogP contribution in [0.1, 0.15) is 5.56 Å².